The normalized spacial score (nSPS) is 11.2. The van der Waals surface area contributed by atoms with Crippen LogP contribution in [-0.4, -0.2) is 46.2 Å². The van der Waals surface area contributed by atoms with Crippen LogP contribution in [0.2, 0.25) is 0 Å². The summed E-state index contributed by atoms with van der Waals surface area (Å²) in [7, 11) is 1.61. The Labute approximate surface area is 89.7 Å². The van der Waals surface area contributed by atoms with Crippen molar-refractivity contribution in [3.8, 4) is 0 Å². The Morgan fingerprint density at radius 1 is 1.27 bits per heavy atom. The van der Waals surface area contributed by atoms with Crippen LogP contribution in [-0.2, 0) is 9.59 Å². The fraction of sp³-hybridized carbons (Fsp3) is 0.800. The van der Waals surface area contributed by atoms with Crippen LogP contribution in [0.3, 0.4) is 0 Å². The number of likely N-dealkylation sites (N-methyl/N-ethyl adjacent to an activating group) is 1. The summed E-state index contributed by atoms with van der Waals surface area (Å²) in [6.45, 7) is 3.39. The number of carboxylic acid groups (broad SMARTS) is 1. The number of hydrogen-bond donors (Lipinski definition) is 2. The maximum atomic E-state index is 11.6. The van der Waals surface area contributed by atoms with Gasteiger partial charge >= 0.3 is 5.97 Å². The fourth-order valence-corrected chi connectivity index (χ4v) is 1.00. The van der Waals surface area contributed by atoms with Crippen LogP contribution in [0.15, 0.2) is 0 Å². The molecule has 15 heavy (non-hydrogen) atoms. The van der Waals surface area contributed by atoms with Crippen molar-refractivity contribution in [3.63, 3.8) is 0 Å². The molecular formula is C10H19NO4. The highest BCUT2D eigenvalue weighted by atomic mass is 16.4. The number of aliphatic hydroxyl groups is 1. The third kappa shape index (κ3) is 4.78. The Hall–Kier alpha value is -1.10. The fourth-order valence-electron chi connectivity index (χ4n) is 1.00. The molecule has 0 aromatic rings. The van der Waals surface area contributed by atoms with Gasteiger partial charge in [-0.2, -0.15) is 0 Å². The van der Waals surface area contributed by atoms with Gasteiger partial charge in [0.2, 0.25) is 5.91 Å². The number of rotatable bonds is 6. The maximum Gasteiger partial charge on any atom is 0.303 e. The third-order valence-electron chi connectivity index (χ3n) is 2.45. The molecular weight excluding hydrogens is 198 g/mol. The smallest absolute Gasteiger partial charge is 0.303 e. The van der Waals surface area contributed by atoms with Gasteiger partial charge in [0.25, 0.3) is 0 Å². The summed E-state index contributed by atoms with van der Waals surface area (Å²) < 4.78 is 0. The van der Waals surface area contributed by atoms with Crippen LogP contribution in [0.4, 0.5) is 0 Å². The molecule has 2 N–H and O–H groups in total. The highest BCUT2D eigenvalue weighted by Gasteiger charge is 2.26. The summed E-state index contributed by atoms with van der Waals surface area (Å²) in [6.07, 6.45) is 0.533. The number of amides is 1. The minimum atomic E-state index is -0.896. The molecule has 0 fully saturated rings. The molecule has 0 radical (unpaired) electrons. The average molecular weight is 217 g/mol. The van der Waals surface area contributed by atoms with Crippen molar-refractivity contribution in [1.82, 2.24) is 4.90 Å². The van der Waals surface area contributed by atoms with E-state index < -0.39 is 11.5 Å². The first-order chi connectivity index (χ1) is 6.81. The largest absolute Gasteiger partial charge is 0.481 e. The van der Waals surface area contributed by atoms with Gasteiger partial charge in [0.05, 0.1) is 12.1 Å². The maximum absolute atomic E-state index is 11.6. The van der Waals surface area contributed by atoms with E-state index in [0.717, 1.165) is 0 Å². The lowest BCUT2D eigenvalue weighted by atomic mass is 10.0. The van der Waals surface area contributed by atoms with Gasteiger partial charge in [0.15, 0.2) is 0 Å². The van der Waals surface area contributed by atoms with Gasteiger partial charge in [0, 0.05) is 19.9 Å². The Bertz CT molecular complexity index is 238. The number of aliphatic hydroxyl groups excluding tert-OH is 1. The van der Waals surface area contributed by atoms with Crippen molar-refractivity contribution in [2.75, 3.05) is 13.7 Å². The highest BCUT2D eigenvalue weighted by Crippen LogP contribution is 2.13. The van der Waals surface area contributed by atoms with Crippen LogP contribution in [0.25, 0.3) is 0 Å². The quantitative estimate of drug-likeness (QED) is 0.678. The van der Waals surface area contributed by atoms with Gasteiger partial charge < -0.3 is 15.1 Å². The first kappa shape index (κ1) is 13.9. The first-order valence-electron chi connectivity index (χ1n) is 4.90. The molecule has 0 saturated carbocycles. The van der Waals surface area contributed by atoms with E-state index in [0.29, 0.717) is 6.42 Å². The number of carbonyl (C=O) groups excluding carboxylic acids is 1. The Morgan fingerprint density at radius 3 is 2.20 bits per heavy atom. The van der Waals surface area contributed by atoms with Gasteiger partial charge in [-0.05, 0) is 20.3 Å². The minimum Gasteiger partial charge on any atom is -0.481 e. The Balaban J connectivity index is 4.05. The summed E-state index contributed by atoms with van der Waals surface area (Å²) in [4.78, 5) is 23.2. The average Bonchev–Trinajstić information content (AvgIpc) is 2.15. The third-order valence-corrected chi connectivity index (χ3v) is 2.45. The van der Waals surface area contributed by atoms with E-state index in [2.05, 4.69) is 0 Å². The number of carboxylic acids is 1. The Morgan fingerprint density at radius 2 is 1.80 bits per heavy atom. The number of hydrogen-bond acceptors (Lipinski definition) is 3. The molecule has 0 atom stereocenters. The lowest BCUT2D eigenvalue weighted by Crippen LogP contribution is -2.47. The molecule has 0 unspecified atom stereocenters. The molecule has 0 aromatic heterocycles. The summed E-state index contributed by atoms with van der Waals surface area (Å²) in [5, 5.41) is 17.4. The van der Waals surface area contributed by atoms with Gasteiger partial charge in [-0.3, -0.25) is 9.59 Å². The molecule has 0 spiro atoms. The topological polar surface area (TPSA) is 77.8 Å². The monoisotopic (exact) mass is 217 g/mol. The van der Waals surface area contributed by atoms with Crippen molar-refractivity contribution >= 4 is 11.9 Å². The Kier molecular flexibility index (Phi) is 5.28. The summed E-state index contributed by atoms with van der Waals surface area (Å²) in [5.41, 5.74) is -0.597. The summed E-state index contributed by atoms with van der Waals surface area (Å²) in [5.74, 6) is -1.04. The molecule has 0 bridgehead atoms. The van der Waals surface area contributed by atoms with Gasteiger partial charge in [-0.25, -0.2) is 0 Å². The molecule has 0 aliphatic carbocycles. The van der Waals surface area contributed by atoms with E-state index in [1.54, 1.807) is 20.9 Å². The summed E-state index contributed by atoms with van der Waals surface area (Å²) in [6, 6.07) is 0. The molecule has 5 heteroatoms. The predicted molar refractivity (Wildman–Crippen MR) is 55.4 cm³/mol. The van der Waals surface area contributed by atoms with E-state index >= 15 is 0 Å². The predicted octanol–water partition coefficient (Wildman–Crippen LogP) is 0.471. The van der Waals surface area contributed by atoms with Crippen LogP contribution >= 0.6 is 0 Å². The van der Waals surface area contributed by atoms with Gasteiger partial charge in [-0.1, -0.05) is 0 Å². The van der Waals surface area contributed by atoms with Gasteiger partial charge in [0.1, 0.15) is 0 Å². The molecule has 88 valence electrons. The standard InChI is InChI=1S/C10H19NO4/c1-10(2,7-12)11(3)8(13)5-4-6-9(14)15/h12H,4-7H2,1-3H3,(H,14,15). The van der Waals surface area contributed by atoms with Crippen molar-refractivity contribution in [3.05, 3.63) is 0 Å². The van der Waals surface area contributed by atoms with Crippen molar-refractivity contribution in [2.45, 2.75) is 38.6 Å². The van der Waals surface area contributed by atoms with E-state index in [1.807, 2.05) is 0 Å². The second-order valence-corrected chi connectivity index (χ2v) is 4.17. The second-order valence-electron chi connectivity index (χ2n) is 4.17. The zero-order chi connectivity index (χ0) is 12.1. The summed E-state index contributed by atoms with van der Waals surface area (Å²) >= 11 is 0. The molecule has 5 nitrogen and oxygen atoms in total. The van der Waals surface area contributed by atoms with Crippen LogP contribution < -0.4 is 0 Å². The number of nitrogens with zero attached hydrogens (tertiary/aromatic N) is 1. The molecule has 0 aliphatic rings. The van der Waals surface area contributed by atoms with Crippen LogP contribution in [0.1, 0.15) is 33.1 Å². The van der Waals surface area contributed by atoms with Crippen LogP contribution in [0, 0.1) is 0 Å². The lowest BCUT2D eigenvalue weighted by molar-refractivity contribution is -0.138. The molecule has 0 heterocycles. The van der Waals surface area contributed by atoms with Crippen LogP contribution in [0.5, 0.6) is 0 Å². The number of carbonyl (C=O) groups is 2. The first-order valence-corrected chi connectivity index (χ1v) is 4.90. The molecule has 0 aliphatic heterocycles. The zero-order valence-corrected chi connectivity index (χ0v) is 9.49. The van der Waals surface area contributed by atoms with E-state index in [4.69, 9.17) is 10.2 Å². The second kappa shape index (κ2) is 5.70. The molecule has 1 amide bonds. The van der Waals surface area contributed by atoms with E-state index in [-0.39, 0.29) is 25.4 Å². The van der Waals surface area contributed by atoms with Crippen molar-refractivity contribution in [2.24, 2.45) is 0 Å². The van der Waals surface area contributed by atoms with Crippen molar-refractivity contribution < 1.29 is 19.8 Å². The minimum absolute atomic E-state index is 0.000860. The van der Waals surface area contributed by atoms with E-state index in [9.17, 15) is 9.59 Å². The van der Waals surface area contributed by atoms with E-state index in [1.165, 1.54) is 4.90 Å². The zero-order valence-electron chi connectivity index (χ0n) is 9.49. The molecule has 0 saturated heterocycles. The van der Waals surface area contributed by atoms with Gasteiger partial charge in [-0.15, -0.1) is 0 Å². The lowest BCUT2D eigenvalue weighted by Gasteiger charge is -2.34. The molecule has 0 aromatic carbocycles. The highest BCUT2D eigenvalue weighted by molar-refractivity contribution is 5.77. The number of aliphatic carboxylic acids is 1. The SMILES string of the molecule is CN(C(=O)CCCC(=O)O)C(C)(C)CO. The van der Waals surface area contributed by atoms with Crippen molar-refractivity contribution in [1.29, 1.82) is 0 Å². The molecule has 0 rings (SSSR count).